The first-order valence-electron chi connectivity index (χ1n) is 20.5. The average molecular weight is 673 g/mol. The fraction of sp³-hybridized carbons (Fsp3) is 0.500. The Balaban J connectivity index is 1.00. The number of hydrogen-bond acceptors (Lipinski definition) is 2. The van der Waals surface area contributed by atoms with Crippen molar-refractivity contribution in [2.75, 3.05) is 11.5 Å². The SMILES string of the molecule is CCCCC(c1ccc(N)cc1)c1ccc(CCCCCCCCCCCCCCc2ccc(C(CCCC)c3ccc(N)cc3)cc2)cc1. The fourth-order valence-electron chi connectivity index (χ4n) is 7.58. The quantitative estimate of drug-likeness (QED) is 0.0544. The highest BCUT2D eigenvalue weighted by Gasteiger charge is 2.15. The summed E-state index contributed by atoms with van der Waals surface area (Å²) in [5.41, 5.74) is 22.2. The van der Waals surface area contributed by atoms with Gasteiger partial charge in [-0.2, -0.15) is 0 Å². The summed E-state index contributed by atoms with van der Waals surface area (Å²) in [7, 11) is 0. The maximum Gasteiger partial charge on any atom is 0.0314 e. The molecule has 0 heterocycles. The molecule has 2 atom stereocenters. The molecule has 0 aliphatic heterocycles. The molecule has 2 nitrogen and oxygen atoms in total. The first-order chi connectivity index (χ1) is 24.6. The summed E-state index contributed by atoms with van der Waals surface area (Å²) < 4.78 is 0. The Morgan fingerprint density at radius 3 is 0.880 bits per heavy atom. The van der Waals surface area contributed by atoms with Gasteiger partial charge in [-0.25, -0.2) is 0 Å². The number of hydrogen-bond donors (Lipinski definition) is 2. The molecule has 0 amide bonds. The molecule has 0 radical (unpaired) electrons. The monoisotopic (exact) mass is 673 g/mol. The Morgan fingerprint density at radius 2 is 0.600 bits per heavy atom. The third-order valence-electron chi connectivity index (χ3n) is 10.8. The van der Waals surface area contributed by atoms with Crippen LogP contribution >= 0.6 is 0 Å². The van der Waals surface area contributed by atoms with Crippen molar-refractivity contribution in [2.24, 2.45) is 0 Å². The number of anilines is 2. The number of nitrogens with two attached hydrogens (primary N) is 2. The zero-order valence-electron chi connectivity index (χ0n) is 31.7. The molecule has 0 spiro atoms. The van der Waals surface area contributed by atoms with Gasteiger partial charge in [0, 0.05) is 23.2 Å². The second-order valence-corrected chi connectivity index (χ2v) is 14.9. The molecule has 0 aliphatic carbocycles. The maximum atomic E-state index is 5.95. The standard InChI is InChI=1S/C48H68N2/c1-3-5-21-47(43-31-35-45(49)36-32-43)41-27-23-39(24-28-41)19-17-15-13-11-9-7-8-10-12-14-16-18-20-40-25-29-42(30-26-40)48(22-6-4-2)44-33-37-46(50)38-34-44/h23-38,47-48H,3-22,49-50H2,1-2H3. The summed E-state index contributed by atoms with van der Waals surface area (Å²) in [5.74, 6) is 0.935. The molecule has 4 rings (SSSR count). The summed E-state index contributed by atoms with van der Waals surface area (Å²) in [6.07, 6.45) is 26.3. The van der Waals surface area contributed by atoms with Crippen LogP contribution in [0, 0.1) is 0 Å². The largest absolute Gasteiger partial charge is 0.399 e. The predicted octanol–water partition coefficient (Wildman–Crippen LogP) is 14.0. The molecule has 0 aliphatic rings. The number of benzene rings is 4. The zero-order valence-corrected chi connectivity index (χ0v) is 31.7. The third kappa shape index (κ3) is 14.0. The lowest BCUT2D eigenvalue weighted by Gasteiger charge is -2.18. The summed E-state index contributed by atoms with van der Waals surface area (Å²) in [5, 5.41) is 0. The minimum atomic E-state index is 0.467. The van der Waals surface area contributed by atoms with Crippen molar-refractivity contribution < 1.29 is 0 Å². The Hall–Kier alpha value is -3.52. The Bertz CT molecular complexity index is 1310. The molecular weight excluding hydrogens is 605 g/mol. The number of nitrogen functional groups attached to an aromatic ring is 2. The van der Waals surface area contributed by atoms with Crippen molar-refractivity contribution >= 4 is 11.4 Å². The van der Waals surface area contributed by atoms with Crippen molar-refractivity contribution in [3.63, 3.8) is 0 Å². The summed E-state index contributed by atoms with van der Waals surface area (Å²) >= 11 is 0. The van der Waals surface area contributed by atoms with E-state index in [0.29, 0.717) is 11.8 Å². The topological polar surface area (TPSA) is 52.0 Å². The van der Waals surface area contributed by atoms with Gasteiger partial charge < -0.3 is 11.5 Å². The Labute approximate surface area is 306 Å². The highest BCUT2D eigenvalue weighted by molar-refractivity contribution is 5.44. The van der Waals surface area contributed by atoms with E-state index in [2.05, 4.69) is 86.6 Å². The second kappa shape index (κ2) is 23.0. The van der Waals surface area contributed by atoms with E-state index in [9.17, 15) is 0 Å². The van der Waals surface area contributed by atoms with Crippen molar-refractivity contribution in [2.45, 2.75) is 154 Å². The Kier molecular flexibility index (Phi) is 18.1. The van der Waals surface area contributed by atoms with E-state index in [4.69, 9.17) is 11.5 Å². The van der Waals surface area contributed by atoms with Crippen molar-refractivity contribution in [1.82, 2.24) is 0 Å². The van der Waals surface area contributed by atoms with Crippen LogP contribution < -0.4 is 11.5 Å². The first kappa shape index (κ1) is 39.3. The Morgan fingerprint density at radius 1 is 0.340 bits per heavy atom. The minimum Gasteiger partial charge on any atom is -0.399 e. The molecule has 2 unspecified atom stereocenters. The molecule has 0 saturated carbocycles. The summed E-state index contributed by atoms with van der Waals surface area (Å²) in [6.45, 7) is 4.56. The fourth-order valence-corrected chi connectivity index (χ4v) is 7.58. The smallest absolute Gasteiger partial charge is 0.0314 e. The molecule has 4 N–H and O–H groups in total. The van der Waals surface area contributed by atoms with Gasteiger partial charge in [-0.1, -0.05) is 177 Å². The number of rotatable bonds is 25. The van der Waals surface area contributed by atoms with Gasteiger partial charge >= 0.3 is 0 Å². The maximum absolute atomic E-state index is 5.95. The van der Waals surface area contributed by atoms with Crippen LogP contribution in [0.5, 0.6) is 0 Å². The molecule has 0 aromatic heterocycles. The molecule has 4 aromatic rings. The zero-order chi connectivity index (χ0) is 35.2. The van der Waals surface area contributed by atoms with Gasteiger partial charge in [-0.05, 0) is 96.2 Å². The van der Waals surface area contributed by atoms with E-state index in [1.54, 1.807) is 0 Å². The van der Waals surface area contributed by atoms with Crippen LogP contribution in [-0.4, -0.2) is 0 Å². The van der Waals surface area contributed by atoms with Gasteiger partial charge in [0.1, 0.15) is 0 Å². The van der Waals surface area contributed by atoms with Gasteiger partial charge in [0.2, 0.25) is 0 Å². The highest BCUT2D eigenvalue weighted by atomic mass is 14.5. The molecule has 0 bridgehead atoms. The normalized spacial score (nSPS) is 12.6. The van der Waals surface area contributed by atoms with Crippen molar-refractivity contribution in [3.05, 3.63) is 130 Å². The van der Waals surface area contributed by atoms with Crippen LogP contribution in [0.1, 0.15) is 175 Å². The van der Waals surface area contributed by atoms with Gasteiger partial charge in [-0.15, -0.1) is 0 Å². The van der Waals surface area contributed by atoms with Crippen molar-refractivity contribution in [3.8, 4) is 0 Å². The first-order valence-corrected chi connectivity index (χ1v) is 20.5. The van der Waals surface area contributed by atoms with Gasteiger partial charge in [0.05, 0.1) is 0 Å². The van der Waals surface area contributed by atoms with Crippen LogP contribution in [0.2, 0.25) is 0 Å². The van der Waals surface area contributed by atoms with E-state index in [0.717, 1.165) is 11.4 Å². The van der Waals surface area contributed by atoms with Gasteiger partial charge in [0.25, 0.3) is 0 Å². The van der Waals surface area contributed by atoms with E-state index in [1.165, 1.54) is 162 Å². The van der Waals surface area contributed by atoms with Crippen LogP contribution in [0.25, 0.3) is 0 Å². The molecule has 4 aromatic carbocycles. The van der Waals surface area contributed by atoms with Crippen molar-refractivity contribution in [1.29, 1.82) is 0 Å². The van der Waals surface area contributed by atoms with Crippen LogP contribution in [0.15, 0.2) is 97.1 Å². The molecule has 270 valence electrons. The third-order valence-corrected chi connectivity index (χ3v) is 10.8. The highest BCUT2D eigenvalue weighted by Crippen LogP contribution is 2.32. The summed E-state index contributed by atoms with van der Waals surface area (Å²) in [4.78, 5) is 0. The lowest BCUT2D eigenvalue weighted by Crippen LogP contribution is -2.02. The molecule has 50 heavy (non-hydrogen) atoms. The van der Waals surface area contributed by atoms with Gasteiger partial charge in [-0.3, -0.25) is 0 Å². The lowest BCUT2D eigenvalue weighted by molar-refractivity contribution is 0.540. The molecule has 0 saturated heterocycles. The van der Waals surface area contributed by atoms with E-state index in [1.807, 2.05) is 24.3 Å². The second-order valence-electron chi connectivity index (χ2n) is 14.9. The van der Waals surface area contributed by atoms with E-state index in [-0.39, 0.29) is 0 Å². The van der Waals surface area contributed by atoms with Crippen LogP contribution in [-0.2, 0) is 12.8 Å². The molecular formula is C48H68N2. The predicted molar refractivity (Wildman–Crippen MR) is 220 cm³/mol. The number of unbranched alkanes of at least 4 members (excludes halogenated alkanes) is 13. The number of aryl methyl sites for hydroxylation is 2. The van der Waals surface area contributed by atoms with E-state index >= 15 is 0 Å². The molecule has 2 heteroatoms. The summed E-state index contributed by atoms with van der Waals surface area (Å²) in [6, 6.07) is 36.0. The van der Waals surface area contributed by atoms with Crippen LogP contribution in [0.3, 0.4) is 0 Å². The molecule has 0 fully saturated rings. The van der Waals surface area contributed by atoms with Gasteiger partial charge in [0.15, 0.2) is 0 Å². The lowest BCUT2D eigenvalue weighted by atomic mass is 9.86. The minimum absolute atomic E-state index is 0.467. The van der Waals surface area contributed by atoms with E-state index < -0.39 is 0 Å². The average Bonchev–Trinajstić information content (AvgIpc) is 3.14. The van der Waals surface area contributed by atoms with Crippen LogP contribution in [0.4, 0.5) is 11.4 Å².